The van der Waals surface area contributed by atoms with Crippen molar-refractivity contribution in [1.29, 1.82) is 0 Å². The molecule has 2 saturated heterocycles. The van der Waals surface area contributed by atoms with E-state index in [1.165, 1.54) is 24.3 Å². The number of hydrogen-bond donors (Lipinski definition) is 6. The van der Waals surface area contributed by atoms with Gasteiger partial charge in [-0.1, -0.05) is 81.0 Å². The van der Waals surface area contributed by atoms with Crippen molar-refractivity contribution in [1.82, 2.24) is 41.0 Å². The summed E-state index contributed by atoms with van der Waals surface area (Å²) in [6.07, 6.45) is 14.9. The molecule has 4 unspecified atom stereocenters. The summed E-state index contributed by atoms with van der Waals surface area (Å²) >= 11 is 0. The first kappa shape index (κ1) is 63.3. The number of likely N-dealkylation sites (tertiary alicyclic amines) is 2. The molecule has 16 nitrogen and oxygen atoms in total. The van der Waals surface area contributed by atoms with Gasteiger partial charge in [-0.3, -0.25) is 38.7 Å². The molecular weight excluding hydrogens is 1090 g/mol. The Bertz CT molecular complexity index is 3340. The van der Waals surface area contributed by atoms with Gasteiger partial charge in [-0.15, -0.1) is 0 Å². The number of nitrogens with zero attached hydrogens (tertiary/aromatic N) is 4. The highest BCUT2D eigenvalue weighted by atomic mass is 19.1. The molecule has 4 heterocycles. The van der Waals surface area contributed by atoms with Crippen molar-refractivity contribution >= 4 is 58.0 Å². The summed E-state index contributed by atoms with van der Waals surface area (Å²) in [5.41, 5.74) is 8.98. The lowest BCUT2D eigenvalue weighted by Crippen LogP contribution is -2.53. The van der Waals surface area contributed by atoms with Gasteiger partial charge in [-0.2, -0.15) is 0 Å². The fourth-order valence-corrected chi connectivity index (χ4v) is 11.1. The van der Waals surface area contributed by atoms with Crippen LogP contribution in [-0.4, -0.2) is 107 Å². The van der Waals surface area contributed by atoms with Gasteiger partial charge in [0.2, 0.25) is 35.4 Å². The van der Waals surface area contributed by atoms with E-state index in [9.17, 15) is 37.5 Å². The highest BCUT2D eigenvalue weighted by Crippen LogP contribution is 2.36. The molecule has 6 N–H and O–H groups in total. The molecule has 8 rings (SSSR count). The van der Waals surface area contributed by atoms with Crippen LogP contribution >= 0.6 is 0 Å². The summed E-state index contributed by atoms with van der Waals surface area (Å²) < 4.78 is 27.3. The van der Waals surface area contributed by atoms with Crippen molar-refractivity contribution < 1.29 is 37.5 Å². The van der Waals surface area contributed by atoms with Crippen molar-refractivity contribution in [3.8, 4) is 0 Å². The lowest BCUT2D eigenvalue weighted by Gasteiger charge is -2.30. The number of benzene rings is 4. The fraction of sp³-hybridized carbons (Fsp3) is 0.353. The number of hydrogen-bond acceptors (Lipinski definition) is 10. The van der Waals surface area contributed by atoms with Crippen LogP contribution in [0.15, 0.2) is 147 Å². The van der Waals surface area contributed by atoms with Gasteiger partial charge in [0.05, 0.1) is 24.7 Å². The third-order valence-corrected chi connectivity index (χ3v) is 16.0. The first-order valence-corrected chi connectivity index (χ1v) is 29.7. The predicted molar refractivity (Wildman–Crippen MR) is 331 cm³/mol. The molecule has 0 aliphatic carbocycles. The molecule has 18 heteroatoms. The summed E-state index contributed by atoms with van der Waals surface area (Å²) in [4.78, 5) is 93.5. The number of nitrogens with one attached hydrogen (secondary N) is 6. The highest BCUT2D eigenvalue weighted by molar-refractivity contribution is 5.93. The van der Waals surface area contributed by atoms with Gasteiger partial charge in [0.25, 0.3) is 0 Å². The number of carbonyl (C=O) groups is 6. The molecule has 4 aromatic carbocycles. The maximum Gasteiger partial charge on any atom is 0.246 e. The number of carbonyl (C=O) groups excluding carboxylic acids is 6. The Morgan fingerprint density at radius 2 is 0.965 bits per heavy atom. The monoisotopic (exact) mass is 1170 g/mol. The van der Waals surface area contributed by atoms with Gasteiger partial charge in [0.15, 0.2) is 0 Å². The van der Waals surface area contributed by atoms with E-state index >= 15 is 0 Å². The van der Waals surface area contributed by atoms with Gasteiger partial charge in [0, 0.05) is 86.1 Å². The lowest BCUT2D eigenvalue weighted by molar-refractivity contribution is -0.137. The van der Waals surface area contributed by atoms with Crippen molar-refractivity contribution in [3.05, 3.63) is 203 Å². The van der Waals surface area contributed by atoms with E-state index in [-0.39, 0.29) is 78.5 Å². The molecule has 2 aromatic heterocycles. The summed E-state index contributed by atoms with van der Waals surface area (Å²) in [6.45, 7) is 11.2. The van der Waals surface area contributed by atoms with Crippen LogP contribution in [0.1, 0.15) is 134 Å². The fourth-order valence-electron chi connectivity index (χ4n) is 11.1. The number of aromatic nitrogens is 2. The van der Waals surface area contributed by atoms with Crippen molar-refractivity contribution in [3.63, 3.8) is 0 Å². The van der Waals surface area contributed by atoms with Crippen LogP contribution in [0.4, 0.5) is 20.2 Å². The summed E-state index contributed by atoms with van der Waals surface area (Å²) in [6, 6.07) is 28.0. The molecular formula is C68H78F2N10O6. The van der Waals surface area contributed by atoms with E-state index < -0.39 is 18.1 Å². The van der Waals surface area contributed by atoms with Crippen LogP contribution in [0.5, 0.6) is 0 Å². The number of likely N-dealkylation sites (N-methyl/N-ethyl adjacent to an activating group) is 2. The van der Waals surface area contributed by atoms with Gasteiger partial charge in [-0.05, 0) is 165 Å². The zero-order valence-electron chi connectivity index (χ0n) is 49.3. The van der Waals surface area contributed by atoms with Gasteiger partial charge >= 0.3 is 0 Å². The zero-order valence-corrected chi connectivity index (χ0v) is 49.3. The third kappa shape index (κ3) is 17.4. The van der Waals surface area contributed by atoms with Gasteiger partial charge < -0.3 is 41.7 Å². The van der Waals surface area contributed by atoms with Crippen LogP contribution in [0.3, 0.4) is 0 Å². The molecule has 0 saturated carbocycles. The molecule has 2 aliphatic rings. The molecule has 0 bridgehead atoms. The second-order valence-electron chi connectivity index (χ2n) is 22.3. The van der Waals surface area contributed by atoms with Gasteiger partial charge in [-0.25, -0.2) is 8.78 Å². The van der Waals surface area contributed by atoms with Crippen LogP contribution in [0, 0.1) is 11.6 Å². The minimum Gasteiger partial charge on any atom is -0.343 e. The number of anilines is 2. The zero-order chi connectivity index (χ0) is 61.1. The molecule has 6 aromatic rings. The van der Waals surface area contributed by atoms with Crippen LogP contribution in [0.2, 0.25) is 0 Å². The minimum atomic E-state index is -0.857. The molecule has 2 fully saturated rings. The Hall–Kier alpha value is -8.74. The lowest BCUT2D eigenvalue weighted by atomic mass is 9.97. The highest BCUT2D eigenvalue weighted by Gasteiger charge is 2.37. The summed E-state index contributed by atoms with van der Waals surface area (Å²) in [7, 11) is 3.35. The largest absolute Gasteiger partial charge is 0.343 e. The first-order chi connectivity index (χ1) is 41.6. The van der Waals surface area contributed by atoms with Crippen LogP contribution in [0.25, 0.3) is 11.1 Å². The molecule has 2 aliphatic heterocycles. The van der Waals surface area contributed by atoms with Gasteiger partial charge in [0.1, 0.15) is 23.7 Å². The summed E-state index contributed by atoms with van der Waals surface area (Å²) in [5, 5.41) is 17.7. The molecule has 6 amide bonds. The normalized spacial score (nSPS) is 15.7. The molecule has 0 radical (unpaired) electrons. The SMILES string of the molecule is C=C(c1ccc(F)cc1)c1cncc(C2CCCN2C(=O)C(Cc2ccc(NC(=O)CCCCCCCC(=O)Nc3ccc(CC(NC(=O)[C@H](C)NC)C(=O)N4CCCC4c4cncc(C(=C)c5ccc(F)cc5)c4)cc3)cc2)NC(=O)CNC)c1. The molecule has 5 atom stereocenters. The number of amides is 6. The van der Waals surface area contributed by atoms with Crippen LogP contribution in [-0.2, 0) is 41.6 Å². The Labute approximate surface area is 502 Å². The van der Waals surface area contributed by atoms with Crippen molar-refractivity contribution in [2.24, 2.45) is 0 Å². The Morgan fingerprint density at radius 1 is 0.547 bits per heavy atom. The van der Waals surface area contributed by atoms with E-state index in [1.54, 1.807) is 94.3 Å². The molecule has 0 spiro atoms. The topological polar surface area (TPSA) is 207 Å². The number of rotatable bonds is 28. The third-order valence-electron chi connectivity index (χ3n) is 16.0. The Balaban J connectivity index is 0.758. The minimum absolute atomic E-state index is 0.0429. The maximum atomic E-state index is 14.4. The second kappa shape index (κ2) is 30.9. The van der Waals surface area contributed by atoms with E-state index in [2.05, 4.69) is 55.0 Å². The van der Waals surface area contributed by atoms with Crippen molar-refractivity contribution in [2.75, 3.05) is 44.4 Å². The quantitative estimate of drug-likeness (QED) is 0.0257. The average molecular weight is 1170 g/mol. The van der Waals surface area contributed by atoms with E-state index in [1.807, 2.05) is 46.2 Å². The van der Waals surface area contributed by atoms with E-state index in [0.717, 1.165) is 89.5 Å². The van der Waals surface area contributed by atoms with E-state index in [4.69, 9.17) is 0 Å². The second-order valence-corrected chi connectivity index (χ2v) is 22.3. The first-order valence-electron chi connectivity index (χ1n) is 29.7. The Kier molecular flexibility index (Phi) is 22.7. The van der Waals surface area contributed by atoms with Crippen LogP contribution < -0.4 is 31.9 Å². The average Bonchev–Trinajstić information content (AvgIpc) is 3.23. The Morgan fingerprint density at radius 3 is 1.38 bits per heavy atom. The number of unbranched alkanes of at least 4 members (excludes halogenated alkanes) is 4. The maximum absolute atomic E-state index is 14.4. The smallest absolute Gasteiger partial charge is 0.246 e. The standard InChI is InChI=1S/C68H78F2N10O6/c1-44(49-21-25-55(69)26-22-49)51-37-53(41-73-39-51)61-13-11-33-79(61)67(85)59(77-65(83)43-71-4)35-47-17-29-57(30-18-47)75-63(81)15-9-7-6-8-10-16-64(82)76-58-31-19-48(20-32-58)36-60(78-66(84)46(3)72-5)68(86)80-34-12-14-62(80)54-38-52(40-74-42-54)45(2)50-23-27-56(70)28-24-50/h17-32,37-42,46,59-62,71-72H,1-2,6-16,33-36,43H2,3-5H3,(H,75,81)(H,76,82)(H,77,83)(H,78,84)/t46-,59?,60?,61?,62?/m0/s1. The summed E-state index contributed by atoms with van der Waals surface area (Å²) in [5.74, 6) is -1.93. The number of halogens is 2. The molecule has 450 valence electrons. The molecule has 86 heavy (non-hydrogen) atoms. The van der Waals surface area contributed by atoms with E-state index in [0.29, 0.717) is 61.3 Å². The predicted octanol–water partition coefficient (Wildman–Crippen LogP) is 9.79. The number of pyridine rings is 2. The van der Waals surface area contributed by atoms with Crippen molar-refractivity contribution in [2.45, 2.75) is 121 Å².